The smallest absolute Gasteiger partial charge is 0.261 e. The first kappa shape index (κ1) is 32.3. The van der Waals surface area contributed by atoms with Crippen molar-refractivity contribution >= 4 is 36.1 Å². The molecule has 3 aromatic carbocycles. The summed E-state index contributed by atoms with van der Waals surface area (Å²) in [5.41, 5.74) is 5.83. The predicted molar refractivity (Wildman–Crippen MR) is 186 cm³/mol. The third-order valence-corrected chi connectivity index (χ3v) is 14.1. The number of nitrogens with zero attached hydrogens (tertiary/aromatic N) is 1. The van der Waals surface area contributed by atoms with Crippen molar-refractivity contribution in [3.63, 3.8) is 0 Å². The Bertz CT molecular complexity index is 1530. The molecular weight excluding hydrogens is 579 g/mol. The molecule has 5 rings (SSSR count). The molecule has 2 heterocycles. The fraction of sp³-hybridized carbons (Fsp3) is 0.342. The Hall–Kier alpha value is -3.13. The molecule has 1 aliphatic rings. The van der Waals surface area contributed by atoms with Gasteiger partial charge in [0.1, 0.15) is 0 Å². The number of hydrogen-bond donors (Lipinski definition) is 0. The fourth-order valence-corrected chi connectivity index (χ4v) is 11.4. The Morgan fingerprint density at radius 2 is 1.59 bits per heavy atom. The summed E-state index contributed by atoms with van der Waals surface area (Å²) in [5.74, 6) is 0. The number of aromatic nitrogens is 1. The van der Waals surface area contributed by atoms with Crippen molar-refractivity contribution < 1.29 is 13.9 Å². The van der Waals surface area contributed by atoms with Crippen molar-refractivity contribution in [1.29, 1.82) is 0 Å². The van der Waals surface area contributed by atoms with Gasteiger partial charge in [0.15, 0.2) is 6.29 Å². The number of hydrogen-bond acceptors (Lipinski definition) is 5. The molecule has 0 N–H and O–H groups in total. The molecule has 230 valence electrons. The first-order chi connectivity index (χ1) is 21.2. The van der Waals surface area contributed by atoms with Gasteiger partial charge in [-0.05, 0) is 66.2 Å². The fourth-order valence-electron chi connectivity index (χ4n) is 6.11. The molecule has 0 saturated carbocycles. The molecule has 0 bridgehead atoms. The van der Waals surface area contributed by atoms with Crippen LogP contribution in [0.4, 0.5) is 0 Å². The summed E-state index contributed by atoms with van der Waals surface area (Å²) in [6.07, 6.45) is 5.83. The van der Waals surface area contributed by atoms with Crippen LogP contribution in [0, 0.1) is 6.92 Å². The minimum atomic E-state index is -2.77. The summed E-state index contributed by atoms with van der Waals surface area (Å²) in [4.78, 5) is 4.75. The normalized spacial score (nSPS) is 16.0. The van der Waals surface area contributed by atoms with E-state index in [4.69, 9.17) is 18.9 Å². The average molecular weight is 624 g/mol. The number of benzene rings is 3. The number of allylic oxidation sites excluding steroid dienone is 1. The lowest BCUT2D eigenvalue weighted by Gasteiger charge is -2.45. The van der Waals surface area contributed by atoms with Crippen LogP contribution in [0.5, 0.6) is 0 Å². The summed E-state index contributed by atoms with van der Waals surface area (Å²) in [6, 6.07) is 30.4. The Morgan fingerprint density at radius 1 is 0.955 bits per heavy atom. The molecule has 4 aromatic rings. The largest absolute Gasteiger partial charge is 0.400 e. The molecule has 1 fully saturated rings. The van der Waals surface area contributed by atoms with Crippen LogP contribution < -0.4 is 10.4 Å². The summed E-state index contributed by atoms with van der Waals surface area (Å²) in [5, 5.41) is 5.66. The number of aryl methyl sites for hydroxylation is 1. The molecule has 1 saturated heterocycles. The molecule has 44 heavy (non-hydrogen) atoms. The monoisotopic (exact) mass is 623 g/mol. The lowest BCUT2D eigenvalue weighted by molar-refractivity contribution is -0.0441. The van der Waals surface area contributed by atoms with Gasteiger partial charge in [-0.3, -0.25) is 0 Å². The minimum absolute atomic E-state index is 0.116. The van der Waals surface area contributed by atoms with E-state index in [1.54, 1.807) is 11.3 Å². The van der Waals surface area contributed by atoms with Crippen molar-refractivity contribution in [2.24, 2.45) is 0 Å². The summed E-state index contributed by atoms with van der Waals surface area (Å²) < 4.78 is 19.2. The highest BCUT2D eigenvalue weighted by atomic mass is 32.1. The van der Waals surface area contributed by atoms with Crippen LogP contribution in [0.1, 0.15) is 69.2 Å². The first-order valence-electron chi connectivity index (χ1n) is 15.5. The van der Waals surface area contributed by atoms with E-state index in [-0.39, 0.29) is 17.4 Å². The highest BCUT2D eigenvalue weighted by Crippen LogP contribution is 2.39. The van der Waals surface area contributed by atoms with Crippen molar-refractivity contribution in [3.05, 3.63) is 129 Å². The van der Waals surface area contributed by atoms with Gasteiger partial charge in [0.2, 0.25) is 0 Å². The molecule has 6 heteroatoms. The molecule has 4 nitrogen and oxygen atoms in total. The van der Waals surface area contributed by atoms with Gasteiger partial charge in [0.05, 0.1) is 30.0 Å². The van der Waals surface area contributed by atoms with E-state index < -0.39 is 8.32 Å². The van der Waals surface area contributed by atoms with Crippen molar-refractivity contribution in [2.45, 2.75) is 71.8 Å². The molecule has 1 atom stereocenters. The lowest BCUT2D eigenvalue weighted by Crippen LogP contribution is -2.67. The van der Waals surface area contributed by atoms with E-state index in [0.717, 1.165) is 29.1 Å². The van der Waals surface area contributed by atoms with Gasteiger partial charge >= 0.3 is 0 Å². The SMILES string of the molecule is CC(=CCC(O[Si](c1ccccc1)(c1ccccc1)C(C)(C)C)C(C)=Cc1csc(C)n1)Cc1cccc(C2OCCO2)c1. The minimum Gasteiger partial charge on any atom is -0.400 e. The van der Waals surface area contributed by atoms with Gasteiger partial charge in [-0.1, -0.05) is 117 Å². The van der Waals surface area contributed by atoms with E-state index in [1.807, 2.05) is 0 Å². The van der Waals surface area contributed by atoms with Gasteiger partial charge < -0.3 is 13.9 Å². The van der Waals surface area contributed by atoms with Gasteiger partial charge in [-0.2, -0.15) is 0 Å². The summed E-state index contributed by atoms with van der Waals surface area (Å²) >= 11 is 1.68. The van der Waals surface area contributed by atoms with Gasteiger partial charge in [-0.15, -0.1) is 11.3 Å². The van der Waals surface area contributed by atoms with Gasteiger partial charge in [-0.25, -0.2) is 4.98 Å². The van der Waals surface area contributed by atoms with Crippen LogP contribution in [-0.2, 0) is 20.3 Å². The van der Waals surface area contributed by atoms with E-state index in [0.29, 0.717) is 13.2 Å². The summed E-state index contributed by atoms with van der Waals surface area (Å²) in [6.45, 7) is 14.8. The van der Waals surface area contributed by atoms with E-state index in [2.05, 4.69) is 144 Å². The van der Waals surface area contributed by atoms with Crippen molar-refractivity contribution in [2.75, 3.05) is 13.2 Å². The molecular formula is C38H45NO3SSi. The Morgan fingerprint density at radius 3 is 2.16 bits per heavy atom. The third-order valence-electron chi connectivity index (χ3n) is 8.26. The van der Waals surface area contributed by atoms with E-state index >= 15 is 0 Å². The van der Waals surface area contributed by atoms with Crippen LogP contribution in [0.2, 0.25) is 5.04 Å². The van der Waals surface area contributed by atoms with Crippen molar-refractivity contribution in [1.82, 2.24) is 4.98 Å². The highest BCUT2D eigenvalue weighted by molar-refractivity contribution is 7.09. The molecule has 1 aromatic heterocycles. The lowest BCUT2D eigenvalue weighted by atomic mass is 10.0. The van der Waals surface area contributed by atoms with E-state index in [9.17, 15) is 0 Å². The quantitative estimate of drug-likeness (QED) is 0.124. The van der Waals surface area contributed by atoms with Crippen LogP contribution in [0.15, 0.2) is 108 Å². The molecule has 0 spiro atoms. The Labute approximate surface area is 268 Å². The third kappa shape index (κ3) is 7.56. The van der Waals surface area contributed by atoms with Crippen LogP contribution in [0.3, 0.4) is 0 Å². The Balaban J connectivity index is 1.51. The second kappa shape index (κ2) is 14.3. The maximum absolute atomic E-state index is 7.67. The number of rotatable bonds is 11. The predicted octanol–water partition coefficient (Wildman–Crippen LogP) is 8.42. The van der Waals surface area contributed by atoms with Gasteiger partial charge in [0, 0.05) is 10.9 Å². The number of thiazole rings is 1. The average Bonchev–Trinajstić information content (AvgIpc) is 3.70. The van der Waals surface area contributed by atoms with Crippen LogP contribution in [0.25, 0.3) is 6.08 Å². The summed E-state index contributed by atoms with van der Waals surface area (Å²) in [7, 11) is -2.77. The first-order valence-corrected chi connectivity index (χ1v) is 18.3. The van der Waals surface area contributed by atoms with Gasteiger partial charge in [0.25, 0.3) is 8.32 Å². The molecule has 0 aliphatic carbocycles. The second-order valence-corrected chi connectivity index (χ2v) is 18.0. The standard InChI is InChI=1S/C38H45NO3SSi/c1-28(24-31-14-13-15-32(26-31)37-40-22-23-41-37)20-21-36(29(2)25-33-27-43-30(3)39-33)42-44(38(4,5)6,34-16-9-7-10-17-34)35-18-11-8-12-19-35/h7-20,25-27,36-37H,21-24H2,1-6H3. The van der Waals surface area contributed by atoms with E-state index in [1.165, 1.54) is 27.1 Å². The zero-order chi connectivity index (χ0) is 31.2. The maximum Gasteiger partial charge on any atom is 0.261 e. The topological polar surface area (TPSA) is 40.6 Å². The zero-order valence-corrected chi connectivity index (χ0v) is 28.7. The van der Waals surface area contributed by atoms with Crippen LogP contribution >= 0.6 is 11.3 Å². The van der Waals surface area contributed by atoms with Crippen LogP contribution in [-0.4, -0.2) is 32.6 Å². The zero-order valence-electron chi connectivity index (χ0n) is 26.9. The molecule has 1 aliphatic heterocycles. The molecule has 1 unspecified atom stereocenters. The second-order valence-electron chi connectivity index (χ2n) is 12.7. The van der Waals surface area contributed by atoms with Crippen molar-refractivity contribution in [3.8, 4) is 0 Å². The number of ether oxygens (including phenoxy) is 2. The molecule has 0 amide bonds. The molecule has 0 radical (unpaired) electrons. The maximum atomic E-state index is 7.67. The Kier molecular flexibility index (Phi) is 10.5. The highest BCUT2D eigenvalue weighted by Gasteiger charge is 2.51.